The Morgan fingerprint density at radius 1 is 1.27 bits per heavy atom. The van der Waals surface area contributed by atoms with Gasteiger partial charge in [0.1, 0.15) is 21.7 Å². The highest BCUT2D eigenvalue weighted by Gasteiger charge is 2.18. The highest BCUT2D eigenvalue weighted by molar-refractivity contribution is 9.10. The number of nitrogens with one attached hydrogen (secondary N) is 1. The van der Waals surface area contributed by atoms with Crippen LogP contribution >= 0.6 is 27.3 Å². The summed E-state index contributed by atoms with van der Waals surface area (Å²) in [6.07, 6.45) is 1.44. The molecule has 3 rings (SSSR count). The number of anilines is 1. The molecule has 0 fully saturated rings. The molecule has 6 nitrogen and oxygen atoms in total. The number of rotatable bonds is 5. The van der Waals surface area contributed by atoms with E-state index in [0.717, 1.165) is 16.0 Å². The first kappa shape index (κ1) is 18.5. The Morgan fingerprint density at radius 2 is 2.08 bits per heavy atom. The number of nitrogens with two attached hydrogens (primary N) is 1. The monoisotopic (exact) mass is 448 g/mol. The van der Waals surface area contributed by atoms with Gasteiger partial charge in [0.15, 0.2) is 0 Å². The maximum absolute atomic E-state index is 12.5. The van der Waals surface area contributed by atoms with Crippen molar-refractivity contribution in [3.05, 3.63) is 63.6 Å². The summed E-state index contributed by atoms with van der Waals surface area (Å²) in [5, 5.41) is 8.94. The first-order valence-corrected chi connectivity index (χ1v) is 10.5. The molecule has 0 aliphatic heterocycles. The molecular weight excluding hydrogens is 436 g/mol. The van der Waals surface area contributed by atoms with E-state index in [4.69, 9.17) is 11.0 Å². The Balaban J connectivity index is 1.80. The number of pyridine rings is 1. The Labute approximate surface area is 163 Å². The van der Waals surface area contributed by atoms with Gasteiger partial charge in [-0.25, -0.2) is 18.1 Å². The summed E-state index contributed by atoms with van der Waals surface area (Å²) in [7, 11) is -3.80. The molecule has 0 radical (unpaired) electrons. The van der Waals surface area contributed by atoms with Gasteiger partial charge < -0.3 is 5.73 Å². The lowest BCUT2D eigenvalue weighted by atomic mass is 10.1. The number of thiophene rings is 1. The summed E-state index contributed by atoms with van der Waals surface area (Å²) in [4.78, 5) is 5.36. The SMILES string of the molecule is N#Cc1ccc(-c2cccc(CNS(=O)(=O)c3cc(Br)cnc3N)c2)s1. The maximum atomic E-state index is 12.5. The zero-order valence-corrected chi connectivity index (χ0v) is 16.5. The van der Waals surface area contributed by atoms with Gasteiger partial charge in [-0.3, -0.25) is 0 Å². The molecule has 0 unspecified atom stereocenters. The summed E-state index contributed by atoms with van der Waals surface area (Å²) in [5.41, 5.74) is 7.40. The van der Waals surface area contributed by atoms with Gasteiger partial charge in [-0.15, -0.1) is 11.3 Å². The Morgan fingerprint density at radius 3 is 2.81 bits per heavy atom. The third-order valence-corrected chi connectivity index (χ3v) is 6.43. The van der Waals surface area contributed by atoms with E-state index in [2.05, 4.69) is 31.7 Å². The number of sulfonamides is 1. The minimum absolute atomic E-state index is 0.0583. The Hall–Kier alpha value is -2.25. The summed E-state index contributed by atoms with van der Waals surface area (Å²) < 4.78 is 28.0. The highest BCUT2D eigenvalue weighted by Crippen LogP contribution is 2.28. The predicted molar refractivity (Wildman–Crippen MR) is 105 cm³/mol. The maximum Gasteiger partial charge on any atom is 0.244 e. The van der Waals surface area contributed by atoms with Gasteiger partial charge in [0, 0.05) is 22.1 Å². The molecule has 1 aromatic carbocycles. The van der Waals surface area contributed by atoms with Crippen LogP contribution < -0.4 is 10.5 Å². The molecule has 3 N–H and O–H groups in total. The van der Waals surface area contributed by atoms with Crippen molar-refractivity contribution in [2.24, 2.45) is 0 Å². The van der Waals surface area contributed by atoms with E-state index in [0.29, 0.717) is 9.35 Å². The van der Waals surface area contributed by atoms with Crippen LogP contribution in [-0.4, -0.2) is 13.4 Å². The fraction of sp³-hybridized carbons (Fsp3) is 0.0588. The highest BCUT2D eigenvalue weighted by atomic mass is 79.9. The van der Waals surface area contributed by atoms with Crippen LogP contribution in [0.15, 0.2) is 58.0 Å². The van der Waals surface area contributed by atoms with E-state index in [-0.39, 0.29) is 17.3 Å². The molecule has 0 atom stereocenters. The second kappa shape index (κ2) is 7.55. The number of hydrogen-bond donors (Lipinski definition) is 2. The van der Waals surface area contributed by atoms with E-state index >= 15 is 0 Å². The number of benzene rings is 1. The van der Waals surface area contributed by atoms with Gasteiger partial charge in [0.25, 0.3) is 0 Å². The molecule has 0 saturated carbocycles. The van der Waals surface area contributed by atoms with Crippen LogP contribution in [-0.2, 0) is 16.6 Å². The molecule has 0 aliphatic carbocycles. The predicted octanol–water partition coefficient (Wildman–Crippen LogP) is 3.50. The lowest BCUT2D eigenvalue weighted by Crippen LogP contribution is -2.24. The number of nitrogen functional groups attached to an aromatic ring is 1. The smallest absolute Gasteiger partial charge is 0.244 e. The molecule has 132 valence electrons. The minimum Gasteiger partial charge on any atom is -0.383 e. The first-order chi connectivity index (χ1) is 12.4. The van der Waals surface area contributed by atoms with Crippen LogP contribution in [0.25, 0.3) is 10.4 Å². The number of nitriles is 1. The molecule has 0 bridgehead atoms. The average Bonchev–Trinajstić information content (AvgIpc) is 3.11. The van der Waals surface area contributed by atoms with Crippen LogP contribution in [0.3, 0.4) is 0 Å². The number of halogens is 1. The van der Waals surface area contributed by atoms with Crippen molar-refractivity contribution < 1.29 is 8.42 Å². The van der Waals surface area contributed by atoms with Crippen molar-refractivity contribution in [1.82, 2.24) is 9.71 Å². The molecule has 9 heteroatoms. The Bertz CT molecular complexity index is 1100. The van der Waals surface area contributed by atoms with Gasteiger partial charge in [-0.05, 0) is 51.3 Å². The molecule has 26 heavy (non-hydrogen) atoms. The van der Waals surface area contributed by atoms with Crippen molar-refractivity contribution in [2.75, 3.05) is 5.73 Å². The number of hydrogen-bond acceptors (Lipinski definition) is 6. The van der Waals surface area contributed by atoms with Crippen LogP contribution in [0.4, 0.5) is 5.82 Å². The minimum atomic E-state index is -3.80. The topological polar surface area (TPSA) is 109 Å². The standard InChI is InChI=1S/C17H13BrN4O2S2/c18-13-7-16(17(20)21-10-13)26(23,24)22-9-11-2-1-3-12(6-11)15-5-4-14(8-19)25-15/h1-7,10,22H,9H2,(H2,20,21). The van der Waals surface area contributed by atoms with Gasteiger partial charge in [-0.1, -0.05) is 18.2 Å². The van der Waals surface area contributed by atoms with E-state index in [1.54, 1.807) is 6.07 Å². The van der Waals surface area contributed by atoms with Crippen molar-refractivity contribution >= 4 is 43.1 Å². The van der Waals surface area contributed by atoms with Crippen LogP contribution in [0.2, 0.25) is 0 Å². The Kier molecular flexibility index (Phi) is 5.38. The van der Waals surface area contributed by atoms with E-state index in [1.165, 1.54) is 23.6 Å². The van der Waals surface area contributed by atoms with Crippen LogP contribution in [0, 0.1) is 11.3 Å². The fourth-order valence-electron chi connectivity index (χ4n) is 2.29. The van der Waals surface area contributed by atoms with E-state index in [1.807, 2.05) is 30.3 Å². The first-order valence-electron chi connectivity index (χ1n) is 7.39. The van der Waals surface area contributed by atoms with Crippen LogP contribution in [0.5, 0.6) is 0 Å². The van der Waals surface area contributed by atoms with Gasteiger partial charge in [0.2, 0.25) is 10.0 Å². The summed E-state index contributed by atoms with van der Waals surface area (Å²) in [6.45, 7) is 0.110. The van der Waals surface area contributed by atoms with Gasteiger partial charge in [0.05, 0.1) is 0 Å². The second-order valence-electron chi connectivity index (χ2n) is 5.34. The molecule has 2 heterocycles. The van der Waals surface area contributed by atoms with Crippen LogP contribution in [0.1, 0.15) is 10.4 Å². The summed E-state index contributed by atoms with van der Waals surface area (Å²) in [6, 6.07) is 14.6. The lowest BCUT2D eigenvalue weighted by molar-refractivity contribution is 0.581. The van der Waals surface area contributed by atoms with E-state index in [9.17, 15) is 8.42 Å². The van der Waals surface area contributed by atoms with Gasteiger partial charge in [-0.2, -0.15) is 5.26 Å². The quantitative estimate of drug-likeness (QED) is 0.620. The van der Waals surface area contributed by atoms with Gasteiger partial charge >= 0.3 is 0 Å². The number of aromatic nitrogens is 1. The molecular formula is C17H13BrN4O2S2. The zero-order chi connectivity index (χ0) is 18.7. The second-order valence-corrected chi connectivity index (χ2v) is 9.07. The molecule has 0 saturated heterocycles. The average molecular weight is 449 g/mol. The third-order valence-electron chi connectivity index (χ3n) is 3.53. The fourth-order valence-corrected chi connectivity index (χ4v) is 4.69. The van der Waals surface area contributed by atoms with Crippen molar-refractivity contribution in [3.63, 3.8) is 0 Å². The molecule has 2 aromatic heterocycles. The lowest BCUT2D eigenvalue weighted by Gasteiger charge is -2.09. The summed E-state index contributed by atoms with van der Waals surface area (Å²) in [5.74, 6) is -0.0583. The molecule has 0 amide bonds. The molecule has 0 spiro atoms. The molecule has 0 aliphatic rings. The number of nitrogens with zero attached hydrogens (tertiary/aromatic N) is 2. The van der Waals surface area contributed by atoms with E-state index < -0.39 is 10.0 Å². The van der Waals surface area contributed by atoms with Crippen molar-refractivity contribution in [1.29, 1.82) is 5.26 Å². The normalized spacial score (nSPS) is 11.2. The van der Waals surface area contributed by atoms with Crippen molar-refractivity contribution in [2.45, 2.75) is 11.4 Å². The van der Waals surface area contributed by atoms with Crippen molar-refractivity contribution in [3.8, 4) is 16.5 Å². The zero-order valence-electron chi connectivity index (χ0n) is 13.3. The molecule has 3 aromatic rings. The largest absolute Gasteiger partial charge is 0.383 e. The third kappa shape index (κ3) is 4.11. The summed E-state index contributed by atoms with van der Waals surface area (Å²) >= 11 is 4.59.